The Morgan fingerprint density at radius 3 is 2.58 bits per heavy atom. The number of hydrogen-bond acceptors (Lipinski definition) is 3. The van der Waals surface area contributed by atoms with Crippen LogP contribution in [-0.4, -0.2) is 31.7 Å². The van der Waals surface area contributed by atoms with Crippen molar-refractivity contribution < 1.29 is 9.53 Å². The molecular weight excluding hydrogens is 240 g/mol. The Hall–Kier alpha value is -0.610. The van der Waals surface area contributed by atoms with Gasteiger partial charge in [0, 0.05) is 13.0 Å². The van der Waals surface area contributed by atoms with E-state index in [1.165, 1.54) is 32.1 Å². The molecule has 1 fully saturated rings. The average Bonchev–Trinajstić information content (AvgIpc) is 2.44. The quantitative estimate of drug-likeness (QED) is 0.599. The van der Waals surface area contributed by atoms with Crippen LogP contribution < -0.4 is 11.1 Å². The monoisotopic (exact) mass is 270 g/mol. The minimum Gasteiger partial charge on any atom is -0.376 e. The topological polar surface area (TPSA) is 64.4 Å². The van der Waals surface area contributed by atoms with Gasteiger partial charge in [-0.05, 0) is 32.2 Å². The molecule has 0 spiro atoms. The fourth-order valence-electron chi connectivity index (χ4n) is 2.52. The summed E-state index contributed by atoms with van der Waals surface area (Å²) >= 11 is 0. The molecule has 1 aliphatic carbocycles. The minimum absolute atomic E-state index is 0.153. The molecule has 19 heavy (non-hydrogen) atoms. The van der Waals surface area contributed by atoms with Crippen molar-refractivity contribution in [3.63, 3.8) is 0 Å². The van der Waals surface area contributed by atoms with Gasteiger partial charge in [0.1, 0.15) is 0 Å². The highest BCUT2D eigenvalue weighted by Gasteiger charge is 2.13. The van der Waals surface area contributed by atoms with Crippen LogP contribution >= 0.6 is 0 Å². The summed E-state index contributed by atoms with van der Waals surface area (Å²) in [6.45, 7) is 2.06. The molecule has 0 atom stereocenters. The number of carbonyl (C=O) groups is 1. The molecule has 0 heterocycles. The van der Waals surface area contributed by atoms with Crippen LogP contribution in [0.25, 0.3) is 0 Å². The zero-order chi connectivity index (χ0) is 13.8. The predicted octanol–water partition coefficient (Wildman–Crippen LogP) is 2.36. The van der Waals surface area contributed by atoms with E-state index >= 15 is 0 Å². The second-order valence-electron chi connectivity index (χ2n) is 5.43. The van der Waals surface area contributed by atoms with E-state index in [-0.39, 0.29) is 5.91 Å². The van der Waals surface area contributed by atoms with Gasteiger partial charge in [-0.1, -0.05) is 32.1 Å². The molecule has 0 radical (unpaired) electrons. The molecule has 0 aliphatic heterocycles. The summed E-state index contributed by atoms with van der Waals surface area (Å²) in [6.07, 6.45) is 11.6. The average molecular weight is 270 g/mol. The lowest BCUT2D eigenvalue weighted by molar-refractivity contribution is -0.121. The first kappa shape index (κ1) is 16.4. The maximum absolute atomic E-state index is 11.5. The Balaban J connectivity index is 1.86. The Morgan fingerprint density at radius 2 is 1.84 bits per heavy atom. The second kappa shape index (κ2) is 11.2. The zero-order valence-corrected chi connectivity index (χ0v) is 12.2. The van der Waals surface area contributed by atoms with E-state index in [0.29, 0.717) is 25.7 Å². The number of amides is 1. The smallest absolute Gasteiger partial charge is 0.220 e. The Kier molecular flexibility index (Phi) is 9.72. The van der Waals surface area contributed by atoms with Crippen molar-refractivity contribution in [2.75, 3.05) is 19.7 Å². The van der Waals surface area contributed by atoms with Gasteiger partial charge in [-0.2, -0.15) is 0 Å². The van der Waals surface area contributed by atoms with Crippen molar-refractivity contribution in [2.24, 2.45) is 5.73 Å². The molecule has 112 valence electrons. The largest absolute Gasteiger partial charge is 0.376 e. The summed E-state index contributed by atoms with van der Waals surface area (Å²) < 4.78 is 5.76. The van der Waals surface area contributed by atoms with Crippen LogP contribution in [0.1, 0.15) is 64.2 Å². The SMILES string of the molecule is NCCCCCCC(=O)NCCOC1CCCCC1. The normalized spacial score (nSPS) is 16.5. The third-order valence-corrected chi connectivity index (χ3v) is 3.69. The molecule has 1 amide bonds. The highest BCUT2D eigenvalue weighted by molar-refractivity contribution is 5.75. The van der Waals surface area contributed by atoms with Gasteiger partial charge in [-0.3, -0.25) is 4.79 Å². The fraction of sp³-hybridized carbons (Fsp3) is 0.933. The summed E-state index contributed by atoms with van der Waals surface area (Å²) in [5.41, 5.74) is 5.42. The highest BCUT2D eigenvalue weighted by atomic mass is 16.5. The third-order valence-electron chi connectivity index (χ3n) is 3.69. The maximum Gasteiger partial charge on any atom is 0.220 e. The Morgan fingerprint density at radius 1 is 1.11 bits per heavy atom. The number of rotatable bonds is 10. The molecular formula is C15H30N2O2. The fourth-order valence-corrected chi connectivity index (χ4v) is 2.52. The molecule has 1 rings (SSSR count). The van der Waals surface area contributed by atoms with E-state index in [1.54, 1.807) is 0 Å². The number of unbranched alkanes of at least 4 members (excludes halogenated alkanes) is 3. The molecule has 0 bridgehead atoms. The van der Waals surface area contributed by atoms with Gasteiger partial charge in [-0.15, -0.1) is 0 Å². The zero-order valence-electron chi connectivity index (χ0n) is 12.2. The molecule has 4 nitrogen and oxygen atoms in total. The van der Waals surface area contributed by atoms with Crippen LogP contribution in [0.5, 0.6) is 0 Å². The minimum atomic E-state index is 0.153. The summed E-state index contributed by atoms with van der Waals surface area (Å²) in [5.74, 6) is 0.153. The number of ether oxygens (including phenoxy) is 1. The molecule has 0 saturated heterocycles. The Bertz CT molecular complexity index is 228. The molecule has 0 aromatic carbocycles. The van der Waals surface area contributed by atoms with Crippen molar-refractivity contribution in [2.45, 2.75) is 70.3 Å². The van der Waals surface area contributed by atoms with E-state index in [1.807, 2.05) is 0 Å². The third kappa shape index (κ3) is 9.00. The summed E-state index contributed by atoms with van der Waals surface area (Å²) in [6, 6.07) is 0. The van der Waals surface area contributed by atoms with E-state index in [2.05, 4.69) is 5.32 Å². The molecule has 3 N–H and O–H groups in total. The van der Waals surface area contributed by atoms with E-state index in [4.69, 9.17) is 10.5 Å². The maximum atomic E-state index is 11.5. The van der Waals surface area contributed by atoms with Crippen molar-refractivity contribution in [3.05, 3.63) is 0 Å². The Labute approximate surface area is 117 Å². The van der Waals surface area contributed by atoms with Gasteiger partial charge in [0.05, 0.1) is 12.7 Å². The number of nitrogens with one attached hydrogen (secondary N) is 1. The van der Waals surface area contributed by atoms with Crippen LogP contribution in [0.4, 0.5) is 0 Å². The van der Waals surface area contributed by atoms with Crippen LogP contribution in [-0.2, 0) is 9.53 Å². The first-order chi connectivity index (χ1) is 9.33. The lowest BCUT2D eigenvalue weighted by Crippen LogP contribution is -2.29. The van der Waals surface area contributed by atoms with E-state index in [0.717, 1.165) is 32.2 Å². The number of carbonyl (C=O) groups excluding carboxylic acids is 1. The van der Waals surface area contributed by atoms with Crippen LogP contribution in [0.2, 0.25) is 0 Å². The van der Waals surface area contributed by atoms with Crippen LogP contribution in [0.15, 0.2) is 0 Å². The molecule has 4 heteroatoms. The molecule has 0 unspecified atom stereocenters. The van der Waals surface area contributed by atoms with E-state index < -0.39 is 0 Å². The summed E-state index contributed by atoms with van der Waals surface area (Å²) in [4.78, 5) is 11.5. The van der Waals surface area contributed by atoms with Crippen molar-refractivity contribution in [1.82, 2.24) is 5.32 Å². The van der Waals surface area contributed by atoms with Crippen molar-refractivity contribution in [1.29, 1.82) is 0 Å². The van der Waals surface area contributed by atoms with Crippen molar-refractivity contribution in [3.8, 4) is 0 Å². The van der Waals surface area contributed by atoms with Gasteiger partial charge in [0.15, 0.2) is 0 Å². The van der Waals surface area contributed by atoms with Gasteiger partial charge in [0.25, 0.3) is 0 Å². The summed E-state index contributed by atoms with van der Waals surface area (Å²) in [7, 11) is 0. The molecule has 0 aromatic heterocycles. The second-order valence-corrected chi connectivity index (χ2v) is 5.43. The van der Waals surface area contributed by atoms with Gasteiger partial charge >= 0.3 is 0 Å². The number of hydrogen-bond donors (Lipinski definition) is 2. The van der Waals surface area contributed by atoms with Gasteiger partial charge < -0.3 is 15.8 Å². The number of nitrogens with two attached hydrogens (primary N) is 1. The summed E-state index contributed by atoms with van der Waals surface area (Å²) in [5, 5.41) is 2.92. The predicted molar refractivity (Wildman–Crippen MR) is 78.0 cm³/mol. The van der Waals surface area contributed by atoms with E-state index in [9.17, 15) is 4.79 Å². The van der Waals surface area contributed by atoms with Gasteiger partial charge in [-0.25, -0.2) is 0 Å². The van der Waals surface area contributed by atoms with Crippen LogP contribution in [0, 0.1) is 0 Å². The van der Waals surface area contributed by atoms with Crippen molar-refractivity contribution >= 4 is 5.91 Å². The molecule has 0 aromatic rings. The van der Waals surface area contributed by atoms with Gasteiger partial charge in [0.2, 0.25) is 5.91 Å². The molecule has 1 aliphatic rings. The molecule has 1 saturated carbocycles. The lowest BCUT2D eigenvalue weighted by atomic mass is 9.98. The van der Waals surface area contributed by atoms with Crippen LogP contribution in [0.3, 0.4) is 0 Å². The first-order valence-corrected chi connectivity index (χ1v) is 7.91. The first-order valence-electron chi connectivity index (χ1n) is 7.91. The lowest BCUT2D eigenvalue weighted by Gasteiger charge is -2.21. The standard InChI is InChI=1S/C15H30N2O2/c16-11-7-2-1-6-10-15(18)17-12-13-19-14-8-4-3-5-9-14/h14H,1-13,16H2,(H,17,18). The highest BCUT2D eigenvalue weighted by Crippen LogP contribution is 2.19.